The number of pyridine rings is 2. The van der Waals surface area contributed by atoms with E-state index in [9.17, 15) is 19.5 Å². The van der Waals surface area contributed by atoms with Gasteiger partial charge in [-0.3, -0.25) is 9.59 Å². The van der Waals surface area contributed by atoms with Gasteiger partial charge in [0.15, 0.2) is 5.82 Å². The van der Waals surface area contributed by atoms with Gasteiger partial charge in [0.25, 0.3) is 5.91 Å². The second kappa shape index (κ2) is 26.0. The largest absolute Gasteiger partial charge is 0.494 e. The summed E-state index contributed by atoms with van der Waals surface area (Å²) in [5, 5.41) is 28.2. The lowest BCUT2D eigenvalue weighted by Gasteiger charge is -2.15. The maximum Gasteiger partial charge on any atom is 0.326 e. The van der Waals surface area contributed by atoms with E-state index in [2.05, 4.69) is 54.0 Å². The first-order valence-corrected chi connectivity index (χ1v) is 21.8. The van der Waals surface area contributed by atoms with E-state index in [1.165, 1.54) is 13.3 Å². The third kappa shape index (κ3) is 16.0. The summed E-state index contributed by atoms with van der Waals surface area (Å²) >= 11 is 0.990. The summed E-state index contributed by atoms with van der Waals surface area (Å²) < 4.78 is 16.8. The third-order valence-corrected chi connectivity index (χ3v) is 10.5. The highest BCUT2D eigenvalue weighted by Crippen LogP contribution is 2.29. The molecular formula is C49H50N6O9S. The fraction of sp³-hybridized carbons (Fsp3) is 0.245. The number of nitrogens with one attached hydrogen (secondary N) is 2. The van der Waals surface area contributed by atoms with Gasteiger partial charge in [-0.2, -0.15) is 5.11 Å². The van der Waals surface area contributed by atoms with Crippen molar-refractivity contribution in [2.75, 3.05) is 26.9 Å². The molecule has 0 aliphatic rings. The highest BCUT2D eigenvalue weighted by atomic mass is 32.2. The molecule has 0 saturated carbocycles. The quantitative estimate of drug-likeness (QED) is 0.0154. The van der Waals surface area contributed by atoms with Crippen molar-refractivity contribution in [3.05, 3.63) is 156 Å². The first-order chi connectivity index (χ1) is 31.8. The zero-order chi connectivity index (χ0) is 45.5. The average Bonchev–Trinajstić information content (AvgIpc) is 3.34. The minimum atomic E-state index is -1.11. The van der Waals surface area contributed by atoms with Crippen molar-refractivity contribution < 1.29 is 43.2 Å². The Morgan fingerprint density at radius 1 is 0.769 bits per heavy atom. The summed E-state index contributed by atoms with van der Waals surface area (Å²) in [6.07, 6.45) is 4.33. The van der Waals surface area contributed by atoms with Gasteiger partial charge >= 0.3 is 5.97 Å². The van der Waals surface area contributed by atoms with Crippen LogP contribution in [-0.4, -0.2) is 65.8 Å². The summed E-state index contributed by atoms with van der Waals surface area (Å²) in [4.78, 5) is 51.6. The molecule has 1 unspecified atom stereocenters. The van der Waals surface area contributed by atoms with Crippen molar-refractivity contribution in [2.45, 2.75) is 56.0 Å². The number of hydrogen-bond donors (Lipinski definition) is 3. The molecule has 2 amide bonds. The number of benzene rings is 4. The van der Waals surface area contributed by atoms with Gasteiger partial charge in [-0.15, -0.1) is 9.45 Å². The minimum Gasteiger partial charge on any atom is -0.494 e. The van der Waals surface area contributed by atoms with E-state index in [-0.39, 0.29) is 31.2 Å². The van der Waals surface area contributed by atoms with Gasteiger partial charge in [-0.05, 0) is 84.3 Å². The molecule has 0 aliphatic carbocycles. The number of carboxylic acid groups (broad SMARTS) is 1. The van der Waals surface area contributed by atoms with Crippen LogP contribution in [-0.2, 0) is 36.8 Å². The summed E-state index contributed by atoms with van der Waals surface area (Å²) in [7, 11) is 1.34. The number of carbonyl (C=O) groups is 3. The van der Waals surface area contributed by atoms with Gasteiger partial charge in [0, 0.05) is 42.1 Å². The molecular weight excluding hydrogens is 849 g/mol. The molecule has 0 bridgehead atoms. The fourth-order valence-corrected chi connectivity index (χ4v) is 6.95. The number of rotatable bonds is 26. The molecule has 2 aromatic heterocycles. The Bertz CT molecular complexity index is 2390. The van der Waals surface area contributed by atoms with E-state index in [4.69, 9.17) is 18.8 Å². The average molecular weight is 899 g/mol. The van der Waals surface area contributed by atoms with E-state index < -0.39 is 12.0 Å². The van der Waals surface area contributed by atoms with E-state index >= 15 is 0 Å². The number of aromatic nitrogens is 2. The van der Waals surface area contributed by atoms with Crippen LogP contribution in [0.2, 0.25) is 0 Å². The number of carboxylic acids is 1. The maximum atomic E-state index is 12.7. The van der Waals surface area contributed by atoms with Crippen LogP contribution in [0, 0.1) is 0 Å². The number of aliphatic carboxylic acids is 1. The Morgan fingerprint density at radius 2 is 1.51 bits per heavy atom. The number of azo groups is 1. The monoisotopic (exact) mass is 898 g/mol. The highest BCUT2D eigenvalue weighted by Gasteiger charge is 2.20. The highest BCUT2D eigenvalue weighted by molar-refractivity contribution is 7.94. The molecule has 1 atom stereocenters. The van der Waals surface area contributed by atoms with E-state index in [1.54, 1.807) is 36.4 Å². The molecule has 2 heterocycles. The molecule has 0 saturated heterocycles. The van der Waals surface area contributed by atoms with Crippen molar-refractivity contribution in [3.8, 4) is 34.0 Å². The number of amides is 2. The molecule has 16 heteroatoms. The zero-order valence-electron chi connectivity index (χ0n) is 35.8. The lowest BCUT2D eigenvalue weighted by Crippen LogP contribution is -2.42. The lowest BCUT2D eigenvalue weighted by atomic mass is 10.0. The van der Waals surface area contributed by atoms with Crippen LogP contribution in [0.25, 0.3) is 22.4 Å². The van der Waals surface area contributed by atoms with Crippen LogP contribution in [0.4, 0.5) is 5.82 Å². The molecule has 3 N–H and O–H groups in total. The Balaban J connectivity index is 0.849. The molecule has 0 radical (unpaired) electrons. The van der Waals surface area contributed by atoms with Gasteiger partial charge in [0.05, 0.1) is 50.2 Å². The zero-order valence-corrected chi connectivity index (χ0v) is 36.7. The van der Waals surface area contributed by atoms with Crippen LogP contribution in [0.1, 0.15) is 53.6 Å². The van der Waals surface area contributed by atoms with Gasteiger partial charge in [0.2, 0.25) is 11.8 Å². The third-order valence-electron chi connectivity index (χ3n) is 9.77. The van der Waals surface area contributed by atoms with Gasteiger partial charge in [0.1, 0.15) is 11.8 Å². The molecule has 4 aromatic carbocycles. The minimum absolute atomic E-state index is 0.120. The molecule has 0 fully saturated rings. The van der Waals surface area contributed by atoms with Crippen LogP contribution < -0.4 is 20.1 Å². The Labute approximate surface area is 381 Å². The second-order valence-corrected chi connectivity index (χ2v) is 15.3. The predicted molar refractivity (Wildman–Crippen MR) is 245 cm³/mol. The molecule has 65 heavy (non-hydrogen) atoms. The Hall–Kier alpha value is -6.98. The van der Waals surface area contributed by atoms with E-state index in [0.29, 0.717) is 62.0 Å². The summed E-state index contributed by atoms with van der Waals surface area (Å²) in [6.45, 7) is 1.43. The fourth-order valence-electron chi connectivity index (χ4n) is 6.42. The van der Waals surface area contributed by atoms with Crippen LogP contribution in [0.3, 0.4) is 0 Å². The van der Waals surface area contributed by atoms with E-state index in [0.717, 1.165) is 56.9 Å². The number of carbonyl (C=O) groups excluding carboxylic acids is 2. The summed E-state index contributed by atoms with van der Waals surface area (Å²) in [6, 6.07) is 40.7. The second-order valence-electron chi connectivity index (χ2n) is 14.5. The number of nitrogens with zero attached hydrogens (tertiary/aromatic N) is 4. The molecule has 15 nitrogen and oxygen atoms in total. The SMILES string of the molecule is COOOSc1ccccc1CN=Nc1ccc(C(=O)NCCCOc2ccc(CC(NC(=O)CCCCCOc3cc(-c4ccccc4)cc(-c4ccccc4)n3)C(=O)O)cc2)cn1. The topological polar surface area (TPSA) is 192 Å². The van der Waals surface area contributed by atoms with Gasteiger partial charge in [-0.1, -0.05) is 96.0 Å². The van der Waals surface area contributed by atoms with Crippen molar-refractivity contribution >= 4 is 35.6 Å². The van der Waals surface area contributed by atoms with Crippen LogP contribution >= 0.6 is 12.0 Å². The van der Waals surface area contributed by atoms with Crippen molar-refractivity contribution in [2.24, 2.45) is 10.2 Å². The maximum absolute atomic E-state index is 12.7. The lowest BCUT2D eigenvalue weighted by molar-refractivity contribution is -0.447. The van der Waals surface area contributed by atoms with Crippen LogP contribution in [0.15, 0.2) is 155 Å². The molecule has 6 aromatic rings. The van der Waals surface area contributed by atoms with Gasteiger partial charge < -0.3 is 25.2 Å². The Morgan fingerprint density at radius 3 is 2.25 bits per heavy atom. The summed E-state index contributed by atoms with van der Waals surface area (Å²) in [5.41, 5.74) is 5.88. The number of ether oxygens (including phenoxy) is 2. The molecule has 336 valence electrons. The Kier molecular flexibility index (Phi) is 19.0. The first-order valence-electron chi connectivity index (χ1n) is 21.1. The van der Waals surface area contributed by atoms with Crippen LogP contribution in [0.5, 0.6) is 11.6 Å². The van der Waals surface area contributed by atoms with Gasteiger partial charge in [-0.25, -0.2) is 19.7 Å². The first kappa shape index (κ1) is 47.5. The van der Waals surface area contributed by atoms with Crippen molar-refractivity contribution in [1.82, 2.24) is 20.6 Å². The van der Waals surface area contributed by atoms with Crippen molar-refractivity contribution in [3.63, 3.8) is 0 Å². The predicted octanol–water partition coefficient (Wildman–Crippen LogP) is 9.56. The molecule has 6 rings (SSSR count). The number of hydrogen-bond acceptors (Lipinski definition) is 13. The summed E-state index contributed by atoms with van der Waals surface area (Å²) in [5.74, 6) is -0.223. The van der Waals surface area contributed by atoms with Crippen molar-refractivity contribution in [1.29, 1.82) is 0 Å². The number of unbranched alkanes of at least 4 members (excludes halogenated alkanes) is 2. The normalized spacial score (nSPS) is 11.5. The molecule has 0 aliphatic heterocycles. The van der Waals surface area contributed by atoms with E-state index in [1.807, 2.05) is 78.9 Å². The molecule has 0 spiro atoms. The smallest absolute Gasteiger partial charge is 0.326 e. The standard InChI is InChI=1S/C49H50N6O9S/c1-60-63-64-65-44-19-11-10-18-38(44)34-52-55-45-26-23-39(33-51-45)48(57)50-27-13-29-61-41-24-21-35(22-25-41)30-43(49(58)59)53-46(56)20-9-4-12-28-62-47-32-40(36-14-5-2-6-15-36)31-42(54-47)37-16-7-3-8-17-37/h2-3,5-8,10-11,14-19,21-26,31-33,43H,4,9,12-13,20,27-30,34H2,1H3,(H,50,57)(H,53,56)(H,58,59).